The highest BCUT2D eigenvalue weighted by atomic mass is 19.3. The maximum atomic E-state index is 15.3. The lowest BCUT2D eigenvalue weighted by Crippen LogP contribution is -2.44. The van der Waals surface area contributed by atoms with Crippen molar-refractivity contribution in [3.8, 4) is 16.9 Å². The Labute approximate surface area is 241 Å². The van der Waals surface area contributed by atoms with Gasteiger partial charge in [-0.25, -0.2) is 13.2 Å². The molecule has 3 aromatic rings. The number of aliphatic imine (C=N–C) groups is 1. The standard InChI is InChI=1S/C34H29F5N2O/c1-2-3-4-20-5-7-22(8-6-20)27-11-10-26(17-29(27)35)42-34(38,39)28-12-9-23(15-30(28)36)32-24-13-21-18-40-33(41-19-21)25(14-24)16-31(32)37/h2,5-12,15-18,21,25,33,41H,1,3-4,13-14,19H2. The van der Waals surface area contributed by atoms with Crippen molar-refractivity contribution in [2.24, 2.45) is 16.8 Å². The van der Waals surface area contributed by atoms with Gasteiger partial charge in [-0.15, -0.1) is 6.58 Å². The van der Waals surface area contributed by atoms with E-state index in [1.54, 1.807) is 12.1 Å². The van der Waals surface area contributed by atoms with Gasteiger partial charge in [0.15, 0.2) is 0 Å². The van der Waals surface area contributed by atoms with Crippen molar-refractivity contribution >= 4 is 11.8 Å². The lowest BCUT2D eigenvalue weighted by Gasteiger charge is -2.36. The molecule has 42 heavy (non-hydrogen) atoms. The molecule has 3 atom stereocenters. The number of aryl methyl sites for hydroxylation is 1. The van der Waals surface area contributed by atoms with Crippen LogP contribution in [0.2, 0.25) is 0 Å². The second kappa shape index (κ2) is 11.3. The maximum Gasteiger partial charge on any atom is 0.429 e. The van der Waals surface area contributed by atoms with Crippen LogP contribution in [0, 0.1) is 23.5 Å². The molecule has 0 saturated carbocycles. The topological polar surface area (TPSA) is 33.6 Å². The SMILES string of the molecule is C=CCCc1ccc(-c2ccc(OC(F)(F)c3ccc(C4=C5CC6C=NC(NC6)C(C=C4F)C5)cc3F)cc2F)cc1. The number of rotatable bonds is 8. The minimum atomic E-state index is -4.10. The summed E-state index contributed by atoms with van der Waals surface area (Å²) in [6.07, 6.45) is 3.57. The third-order valence-corrected chi connectivity index (χ3v) is 8.06. The van der Waals surface area contributed by atoms with Gasteiger partial charge in [0.25, 0.3) is 0 Å². The van der Waals surface area contributed by atoms with Crippen molar-refractivity contribution in [2.45, 2.75) is 38.0 Å². The first-order chi connectivity index (χ1) is 20.2. The van der Waals surface area contributed by atoms with Crippen LogP contribution in [0.25, 0.3) is 16.7 Å². The Morgan fingerprint density at radius 2 is 1.74 bits per heavy atom. The molecular formula is C34H29F5N2O. The van der Waals surface area contributed by atoms with E-state index < -0.39 is 34.9 Å². The van der Waals surface area contributed by atoms with E-state index in [-0.39, 0.29) is 34.7 Å². The fraction of sp³-hybridized carbons (Fsp3) is 0.265. The van der Waals surface area contributed by atoms with Crippen molar-refractivity contribution in [1.29, 1.82) is 0 Å². The summed E-state index contributed by atoms with van der Waals surface area (Å²) in [5.41, 5.74) is 2.09. The minimum absolute atomic E-state index is 0.0773. The number of benzene rings is 3. The molecule has 0 aromatic heterocycles. The van der Waals surface area contributed by atoms with E-state index in [0.29, 0.717) is 24.9 Å². The Morgan fingerprint density at radius 3 is 2.43 bits per heavy atom. The van der Waals surface area contributed by atoms with Gasteiger partial charge >= 0.3 is 6.11 Å². The van der Waals surface area contributed by atoms with Gasteiger partial charge < -0.3 is 4.74 Å². The van der Waals surface area contributed by atoms with E-state index in [9.17, 15) is 4.39 Å². The number of halogens is 5. The van der Waals surface area contributed by atoms with Crippen molar-refractivity contribution in [3.63, 3.8) is 0 Å². The minimum Gasteiger partial charge on any atom is -0.429 e. The van der Waals surface area contributed by atoms with Crippen molar-refractivity contribution < 1.29 is 26.7 Å². The maximum absolute atomic E-state index is 15.3. The molecule has 7 rings (SSSR count). The lowest BCUT2D eigenvalue weighted by atomic mass is 9.78. The summed E-state index contributed by atoms with van der Waals surface area (Å²) in [5, 5.41) is 3.31. The molecule has 216 valence electrons. The molecule has 4 aliphatic rings. The first-order valence-corrected chi connectivity index (χ1v) is 13.9. The van der Waals surface area contributed by atoms with Gasteiger partial charge in [0.2, 0.25) is 0 Å². The summed E-state index contributed by atoms with van der Waals surface area (Å²) in [5.74, 6) is -3.06. The van der Waals surface area contributed by atoms with E-state index in [2.05, 4.69) is 16.9 Å². The summed E-state index contributed by atoms with van der Waals surface area (Å²) in [7, 11) is 0. The Morgan fingerprint density at radius 1 is 0.952 bits per heavy atom. The van der Waals surface area contributed by atoms with Gasteiger partial charge in [0.1, 0.15) is 29.4 Å². The number of ether oxygens (including phenoxy) is 1. The highest BCUT2D eigenvalue weighted by Gasteiger charge is 2.39. The molecule has 1 aliphatic carbocycles. The smallest absolute Gasteiger partial charge is 0.429 e. The normalized spacial score (nSPS) is 21.5. The first-order valence-electron chi connectivity index (χ1n) is 13.9. The predicted octanol–water partition coefficient (Wildman–Crippen LogP) is 8.53. The van der Waals surface area contributed by atoms with Crippen LogP contribution in [0.3, 0.4) is 0 Å². The number of hydrogen-bond donors (Lipinski definition) is 1. The zero-order valence-corrected chi connectivity index (χ0v) is 22.7. The molecule has 1 fully saturated rings. The van der Waals surface area contributed by atoms with Crippen molar-refractivity contribution in [1.82, 2.24) is 5.32 Å². The fourth-order valence-electron chi connectivity index (χ4n) is 5.93. The van der Waals surface area contributed by atoms with Crippen molar-refractivity contribution in [2.75, 3.05) is 6.54 Å². The largest absolute Gasteiger partial charge is 0.429 e. The van der Waals surface area contributed by atoms with Gasteiger partial charge in [-0.05, 0) is 72.7 Å². The second-order valence-corrected chi connectivity index (χ2v) is 11.0. The molecule has 1 saturated heterocycles. The van der Waals surface area contributed by atoms with E-state index in [1.165, 1.54) is 24.3 Å². The molecule has 3 aromatic carbocycles. The predicted molar refractivity (Wildman–Crippen MR) is 154 cm³/mol. The molecular weight excluding hydrogens is 547 g/mol. The third-order valence-electron chi connectivity index (χ3n) is 8.06. The third kappa shape index (κ3) is 5.55. The molecule has 4 bridgehead atoms. The van der Waals surface area contributed by atoms with Gasteiger partial charge in [-0.1, -0.05) is 42.0 Å². The summed E-state index contributed by atoms with van der Waals surface area (Å²) < 4.78 is 80.5. The zero-order valence-electron chi connectivity index (χ0n) is 22.7. The van der Waals surface area contributed by atoms with Gasteiger partial charge in [0.05, 0.1) is 5.56 Å². The summed E-state index contributed by atoms with van der Waals surface area (Å²) in [6, 6.07) is 13.8. The van der Waals surface area contributed by atoms with E-state index >= 15 is 17.6 Å². The number of nitrogens with zero attached hydrogens (tertiary/aromatic N) is 1. The van der Waals surface area contributed by atoms with Crippen LogP contribution >= 0.6 is 0 Å². The molecule has 0 amide bonds. The number of alkyl halides is 2. The van der Waals surface area contributed by atoms with Gasteiger partial charge in [-0.2, -0.15) is 8.78 Å². The van der Waals surface area contributed by atoms with Crippen LogP contribution < -0.4 is 10.1 Å². The Balaban J connectivity index is 1.22. The molecule has 3 aliphatic heterocycles. The molecule has 0 spiro atoms. The molecule has 3 unspecified atom stereocenters. The molecule has 8 heteroatoms. The Bertz CT molecular complexity index is 1610. The monoisotopic (exact) mass is 576 g/mol. The fourth-order valence-corrected chi connectivity index (χ4v) is 5.93. The molecule has 0 radical (unpaired) electrons. The Hall–Kier alpha value is -4.04. The lowest BCUT2D eigenvalue weighted by molar-refractivity contribution is -0.187. The first kappa shape index (κ1) is 28.1. The van der Waals surface area contributed by atoms with Gasteiger partial charge in [0, 0.05) is 41.8 Å². The average Bonchev–Trinajstić information content (AvgIpc) is 2.95. The van der Waals surface area contributed by atoms with Crippen LogP contribution in [0.5, 0.6) is 5.75 Å². The molecule has 3 heterocycles. The average molecular weight is 577 g/mol. The van der Waals surface area contributed by atoms with Crippen LogP contribution in [0.4, 0.5) is 22.0 Å². The van der Waals surface area contributed by atoms with Crippen LogP contribution in [0.15, 0.2) is 95.8 Å². The number of fused-ring (bicyclic) bond motifs is 1. The number of allylic oxidation sites excluding steroid dienone is 4. The Kier molecular flexibility index (Phi) is 7.58. The van der Waals surface area contributed by atoms with E-state index in [1.807, 2.05) is 24.4 Å². The van der Waals surface area contributed by atoms with Crippen LogP contribution in [-0.2, 0) is 12.5 Å². The molecule has 3 nitrogen and oxygen atoms in total. The highest BCUT2D eigenvalue weighted by Crippen LogP contribution is 2.43. The highest BCUT2D eigenvalue weighted by molar-refractivity contribution is 5.82. The van der Waals surface area contributed by atoms with E-state index in [0.717, 1.165) is 42.2 Å². The summed E-state index contributed by atoms with van der Waals surface area (Å²) in [4.78, 5) is 4.48. The number of nitrogens with one attached hydrogen (secondary N) is 1. The number of hydrogen-bond acceptors (Lipinski definition) is 3. The zero-order chi connectivity index (χ0) is 29.4. The van der Waals surface area contributed by atoms with E-state index in [4.69, 9.17) is 4.74 Å². The summed E-state index contributed by atoms with van der Waals surface area (Å²) in [6.45, 7) is 4.41. The summed E-state index contributed by atoms with van der Waals surface area (Å²) >= 11 is 0. The molecule has 1 N–H and O–H groups in total. The second-order valence-electron chi connectivity index (χ2n) is 11.0. The van der Waals surface area contributed by atoms with Crippen LogP contribution in [-0.4, -0.2) is 18.9 Å². The quantitative estimate of drug-likeness (QED) is 0.215. The van der Waals surface area contributed by atoms with Crippen molar-refractivity contribution in [3.05, 3.63) is 119 Å². The van der Waals surface area contributed by atoms with Crippen LogP contribution in [0.1, 0.15) is 36.0 Å². The van der Waals surface area contributed by atoms with Gasteiger partial charge in [-0.3, -0.25) is 10.3 Å².